The zero-order chi connectivity index (χ0) is 28.9. The van der Waals surface area contributed by atoms with Crippen molar-refractivity contribution >= 4 is 17.4 Å². The zero-order valence-electron chi connectivity index (χ0n) is 23.5. The fraction of sp³-hybridized carbons (Fsp3) is 0.344. The lowest BCUT2D eigenvalue weighted by Crippen LogP contribution is -2.29. The van der Waals surface area contributed by atoms with Gasteiger partial charge in [-0.15, -0.1) is 0 Å². The average Bonchev–Trinajstić information content (AvgIpc) is 3.22. The maximum absolute atomic E-state index is 14.0. The smallest absolute Gasteiger partial charge is 0.295 e. The summed E-state index contributed by atoms with van der Waals surface area (Å²) in [7, 11) is 0. The maximum atomic E-state index is 14.0. The fourth-order valence-corrected chi connectivity index (χ4v) is 4.93. The van der Waals surface area contributed by atoms with E-state index in [1.165, 1.54) is 4.90 Å². The molecule has 0 bridgehead atoms. The number of fused-ring (bicyclic) bond motifs is 1. The number of amides is 1. The number of hydrogen-bond donors (Lipinski definition) is 0. The van der Waals surface area contributed by atoms with Crippen LogP contribution in [-0.4, -0.2) is 43.0 Å². The maximum Gasteiger partial charge on any atom is 0.295 e. The van der Waals surface area contributed by atoms with E-state index in [0.717, 1.165) is 12.0 Å². The van der Waals surface area contributed by atoms with Crippen molar-refractivity contribution in [3.8, 4) is 23.0 Å². The molecule has 2 aliphatic rings. The second kappa shape index (κ2) is 12.3. The number of likely N-dealkylation sites (tertiary alicyclic amines) is 1. The third-order valence-corrected chi connectivity index (χ3v) is 7.01. The molecule has 1 saturated heterocycles. The lowest BCUT2D eigenvalue weighted by Gasteiger charge is -2.28. The number of nitrogens with zero attached hydrogens (tertiary/aromatic N) is 1. The number of ether oxygens (including phenoxy) is 4. The summed E-state index contributed by atoms with van der Waals surface area (Å²) in [6.07, 6.45) is 4.37. The van der Waals surface area contributed by atoms with E-state index < -0.39 is 23.5 Å². The van der Waals surface area contributed by atoms with E-state index in [-0.39, 0.29) is 17.7 Å². The molecule has 3 heterocycles. The van der Waals surface area contributed by atoms with Gasteiger partial charge in [0.15, 0.2) is 35.4 Å². The van der Waals surface area contributed by atoms with Crippen LogP contribution in [0.1, 0.15) is 49.9 Å². The van der Waals surface area contributed by atoms with E-state index >= 15 is 0 Å². The minimum atomic E-state index is -0.927. The molecule has 0 radical (unpaired) electrons. The summed E-state index contributed by atoms with van der Waals surface area (Å²) < 4.78 is 23.1. The molecule has 214 valence electrons. The number of carbonyl (C=O) groups is 2. The normalized spacial score (nSPS) is 17.7. The zero-order valence-corrected chi connectivity index (χ0v) is 23.5. The second-order valence-corrected chi connectivity index (χ2v) is 10.3. The van der Waals surface area contributed by atoms with Crippen LogP contribution < -0.4 is 29.0 Å². The summed E-state index contributed by atoms with van der Waals surface area (Å²) >= 11 is 0. The SMILES string of the molecule is CCOc1cc(C2C(=C([O-])c3ccc4c(c3)OCCO4)C(=O)C(=O)N2Cc2cc[nH+]cc2)ccc1OCCC(C)C. The minimum Gasteiger partial charge on any atom is -0.872 e. The minimum absolute atomic E-state index is 0.120. The molecule has 0 spiro atoms. The van der Waals surface area contributed by atoms with E-state index in [1.54, 1.807) is 48.8 Å². The topological polar surface area (TPSA) is 111 Å². The molecule has 3 aromatic rings. The summed E-state index contributed by atoms with van der Waals surface area (Å²) in [6.45, 7) is 7.94. The van der Waals surface area contributed by atoms with E-state index in [4.69, 9.17) is 18.9 Å². The molecule has 2 aliphatic heterocycles. The monoisotopic (exact) mass is 558 g/mol. The number of Topliss-reactive ketones (excluding diaryl/α,β-unsaturated/α-hetero) is 1. The van der Waals surface area contributed by atoms with Gasteiger partial charge in [-0.25, -0.2) is 4.98 Å². The number of aromatic amines is 1. The van der Waals surface area contributed by atoms with Crippen LogP contribution in [0.25, 0.3) is 5.76 Å². The van der Waals surface area contributed by atoms with Crippen molar-refractivity contribution in [2.75, 3.05) is 26.4 Å². The van der Waals surface area contributed by atoms with Crippen LogP contribution in [0.2, 0.25) is 0 Å². The molecule has 5 rings (SSSR count). The van der Waals surface area contributed by atoms with Crippen LogP contribution in [0.3, 0.4) is 0 Å². The highest BCUT2D eigenvalue weighted by atomic mass is 16.6. The Balaban J connectivity index is 1.60. The Morgan fingerprint density at radius 2 is 1.76 bits per heavy atom. The van der Waals surface area contributed by atoms with Crippen molar-refractivity contribution in [1.82, 2.24) is 4.90 Å². The van der Waals surface area contributed by atoms with Gasteiger partial charge in [-0.3, -0.25) is 9.59 Å². The van der Waals surface area contributed by atoms with Gasteiger partial charge in [0, 0.05) is 24.3 Å². The molecule has 0 saturated carbocycles. The highest BCUT2D eigenvalue weighted by Gasteiger charge is 2.44. The van der Waals surface area contributed by atoms with Crippen molar-refractivity contribution in [3.05, 3.63) is 83.2 Å². The van der Waals surface area contributed by atoms with Crippen LogP contribution >= 0.6 is 0 Å². The number of aromatic nitrogens is 1. The molecule has 9 nitrogen and oxygen atoms in total. The molecule has 9 heteroatoms. The van der Waals surface area contributed by atoms with Crippen LogP contribution in [0, 0.1) is 5.92 Å². The van der Waals surface area contributed by atoms with Gasteiger partial charge < -0.3 is 29.0 Å². The number of benzene rings is 2. The van der Waals surface area contributed by atoms with Gasteiger partial charge in [0.05, 0.1) is 19.3 Å². The molecule has 2 aromatic carbocycles. The highest BCUT2D eigenvalue weighted by Crippen LogP contribution is 2.43. The Bertz CT molecular complexity index is 1450. The third-order valence-electron chi connectivity index (χ3n) is 7.01. The number of pyridine rings is 1. The average molecular weight is 559 g/mol. The lowest BCUT2D eigenvalue weighted by molar-refractivity contribution is -0.378. The van der Waals surface area contributed by atoms with Gasteiger partial charge in [0.1, 0.15) is 13.2 Å². The molecule has 1 aromatic heterocycles. The predicted molar refractivity (Wildman–Crippen MR) is 148 cm³/mol. The van der Waals surface area contributed by atoms with Gasteiger partial charge in [0.2, 0.25) is 5.78 Å². The number of ketones is 1. The predicted octanol–water partition coefficient (Wildman–Crippen LogP) is 3.52. The Morgan fingerprint density at radius 1 is 1.00 bits per heavy atom. The number of H-pyrrole nitrogens is 1. The third kappa shape index (κ3) is 5.99. The molecular formula is C32H34N2O7. The molecule has 1 atom stereocenters. The molecular weight excluding hydrogens is 524 g/mol. The summed E-state index contributed by atoms with van der Waals surface area (Å²) in [5.41, 5.74) is 1.50. The van der Waals surface area contributed by atoms with Crippen LogP contribution in [-0.2, 0) is 16.1 Å². The first-order valence-corrected chi connectivity index (χ1v) is 13.9. The van der Waals surface area contributed by atoms with E-state index in [1.807, 2.05) is 19.1 Å². The summed E-state index contributed by atoms with van der Waals surface area (Å²) in [6, 6.07) is 12.8. The highest BCUT2D eigenvalue weighted by molar-refractivity contribution is 6.46. The Morgan fingerprint density at radius 3 is 2.49 bits per heavy atom. The standard InChI is InChI=1S/C32H34N2O7/c1-4-38-26-17-22(5-7-24(26)39-14-11-20(2)3)29-28(30(35)23-6-8-25-27(18-23)41-16-15-40-25)31(36)32(37)34(29)19-21-9-12-33-13-10-21/h5-10,12-13,17-18,20,29,35H,4,11,14-16,19H2,1-3H3. The van der Waals surface area contributed by atoms with Crippen LogP contribution in [0.5, 0.6) is 23.0 Å². The van der Waals surface area contributed by atoms with Gasteiger partial charge in [-0.2, -0.15) is 0 Å². The number of nitrogens with one attached hydrogen (secondary N) is 1. The van der Waals surface area contributed by atoms with Crippen molar-refractivity contribution in [3.63, 3.8) is 0 Å². The molecule has 1 unspecified atom stereocenters. The summed E-state index contributed by atoms with van der Waals surface area (Å²) in [5, 5.41) is 14.0. The van der Waals surface area contributed by atoms with Crippen molar-refractivity contribution in [1.29, 1.82) is 0 Å². The van der Waals surface area contributed by atoms with E-state index in [0.29, 0.717) is 60.9 Å². The lowest BCUT2D eigenvalue weighted by atomic mass is 9.94. The molecule has 1 amide bonds. The van der Waals surface area contributed by atoms with Crippen molar-refractivity contribution in [2.45, 2.75) is 39.8 Å². The van der Waals surface area contributed by atoms with Gasteiger partial charge in [-0.05, 0) is 60.2 Å². The van der Waals surface area contributed by atoms with E-state index in [2.05, 4.69) is 18.8 Å². The molecule has 1 fully saturated rings. The van der Waals surface area contributed by atoms with Crippen molar-refractivity contribution in [2.24, 2.45) is 5.92 Å². The second-order valence-electron chi connectivity index (χ2n) is 10.3. The van der Waals surface area contributed by atoms with Gasteiger partial charge >= 0.3 is 0 Å². The Hall–Kier alpha value is -4.53. The van der Waals surface area contributed by atoms with Gasteiger partial charge in [0.25, 0.3) is 5.91 Å². The quantitative estimate of drug-likeness (QED) is 0.213. The Kier molecular flexibility index (Phi) is 8.42. The molecule has 1 N–H and O–H groups in total. The van der Waals surface area contributed by atoms with Crippen LogP contribution in [0.15, 0.2) is 66.5 Å². The first-order valence-electron chi connectivity index (χ1n) is 13.9. The van der Waals surface area contributed by atoms with Crippen molar-refractivity contribution < 1.29 is 38.6 Å². The number of rotatable bonds is 10. The van der Waals surface area contributed by atoms with E-state index in [9.17, 15) is 14.7 Å². The molecule has 0 aliphatic carbocycles. The molecule has 41 heavy (non-hydrogen) atoms. The first-order chi connectivity index (χ1) is 19.9. The summed E-state index contributed by atoms with van der Waals surface area (Å²) in [4.78, 5) is 31.4. The largest absolute Gasteiger partial charge is 0.872 e. The first kappa shape index (κ1) is 28.0. The van der Waals surface area contributed by atoms with Crippen LogP contribution in [0.4, 0.5) is 0 Å². The summed E-state index contributed by atoms with van der Waals surface area (Å²) in [5.74, 6) is 0.386. The number of carbonyl (C=O) groups excluding carboxylic acids is 2. The van der Waals surface area contributed by atoms with Gasteiger partial charge in [-0.1, -0.05) is 31.7 Å². The Labute approximate surface area is 239 Å². The number of hydrogen-bond acceptors (Lipinski definition) is 7. The fourth-order valence-electron chi connectivity index (χ4n) is 4.93.